The molecule has 0 saturated heterocycles. The topological polar surface area (TPSA) is 75.3 Å². The van der Waals surface area contributed by atoms with Crippen LogP contribution in [-0.4, -0.2) is 21.4 Å². The van der Waals surface area contributed by atoms with E-state index in [1.54, 1.807) is 0 Å². The van der Waals surface area contributed by atoms with Gasteiger partial charge in [0.2, 0.25) is 10.0 Å². The molecular formula is C17H18N2O3S. The van der Waals surface area contributed by atoms with E-state index in [1.807, 2.05) is 18.2 Å². The summed E-state index contributed by atoms with van der Waals surface area (Å²) in [5.41, 5.74) is 2.88. The van der Waals surface area contributed by atoms with Crippen molar-refractivity contribution in [2.24, 2.45) is 0 Å². The molecule has 0 fully saturated rings. The molecule has 1 aliphatic rings. The number of amides is 1. The molecule has 1 amide bonds. The van der Waals surface area contributed by atoms with E-state index in [1.165, 1.54) is 36.9 Å². The van der Waals surface area contributed by atoms with Crippen LogP contribution in [0.25, 0.3) is 0 Å². The lowest BCUT2D eigenvalue weighted by molar-refractivity contribution is 0.0936. The Bertz CT molecular complexity index is 829. The SMILES string of the molecule is CNS(=O)(=O)c1ccc(C(=O)N[C@H]2CCc3ccccc32)cc1. The van der Waals surface area contributed by atoms with E-state index in [0.717, 1.165) is 18.4 Å². The maximum Gasteiger partial charge on any atom is 0.251 e. The summed E-state index contributed by atoms with van der Waals surface area (Å²) in [7, 11) is -2.13. The predicted molar refractivity (Wildman–Crippen MR) is 87.7 cm³/mol. The molecule has 0 spiro atoms. The van der Waals surface area contributed by atoms with Crippen molar-refractivity contribution in [3.63, 3.8) is 0 Å². The van der Waals surface area contributed by atoms with E-state index in [0.29, 0.717) is 5.56 Å². The molecule has 0 aliphatic heterocycles. The van der Waals surface area contributed by atoms with Gasteiger partial charge in [0.25, 0.3) is 5.91 Å². The molecule has 0 saturated carbocycles. The zero-order valence-electron chi connectivity index (χ0n) is 12.7. The van der Waals surface area contributed by atoms with Crippen LogP contribution in [0, 0.1) is 0 Å². The number of carbonyl (C=O) groups is 1. The Hall–Kier alpha value is -2.18. The Morgan fingerprint density at radius 3 is 2.48 bits per heavy atom. The molecule has 0 bridgehead atoms. The molecule has 1 atom stereocenters. The number of fused-ring (bicyclic) bond motifs is 1. The zero-order chi connectivity index (χ0) is 16.4. The van der Waals surface area contributed by atoms with Crippen molar-refractivity contribution >= 4 is 15.9 Å². The number of sulfonamides is 1. The highest BCUT2D eigenvalue weighted by molar-refractivity contribution is 7.89. The van der Waals surface area contributed by atoms with Crippen LogP contribution in [0.5, 0.6) is 0 Å². The predicted octanol–water partition coefficient (Wildman–Crippen LogP) is 2.01. The molecule has 5 nitrogen and oxygen atoms in total. The van der Waals surface area contributed by atoms with Crippen LogP contribution in [0.15, 0.2) is 53.4 Å². The fourth-order valence-corrected chi connectivity index (χ4v) is 3.58. The summed E-state index contributed by atoms with van der Waals surface area (Å²) < 4.78 is 25.6. The number of hydrogen-bond acceptors (Lipinski definition) is 3. The fraction of sp³-hybridized carbons (Fsp3) is 0.235. The molecule has 2 N–H and O–H groups in total. The lowest BCUT2D eigenvalue weighted by atomic mass is 10.1. The van der Waals surface area contributed by atoms with Crippen LogP contribution in [-0.2, 0) is 16.4 Å². The third-order valence-electron chi connectivity index (χ3n) is 4.13. The summed E-state index contributed by atoms with van der Waals surface area (Å²) in [6.45, 7) is 0. The standard InChI is InChI=1S/C17H18N2O3S/c1-18-23(21,22)14-9-6-13(7-10-14)17(20)19-16-11-8-12-4-2-3-5-15(12)16/h2-7,9-10,16,18H,8,11H2,1H3,(H,19,20)/t16-/m0/s1. The van der Waals surface area contributed by atoms with Crippen LogP contribution >= 0.6 is 0 Å². The largest absolute Gasteiger partial charge is 0.345 e. The van der Waals surface area contributed by atoms with Gasteiger partial charge in [0.05, 0.1) is 10.9 Å². The minimum absolute atomic E-state index is 0.0133. The van der Waals surface area contributed by atoms with Crippen molar-refractivity contribution in [1.29, 1.82) is 0 Å². The molecule has 1 aliphatic carbocycles. The van der Waals surface area contributed by atoms with Crippen LogP contribution in [0.3, 0.4) is 0 Å². The molecule has 120 valence electrons. The van der Waals surface area contributed by atoms with Crippen LogP contribution in [0.2, 0.25) is 0 Å². The number of hydrogen-bond donors (Lipinski definition) is 2. The number of nitrogens with one attached hydrogen (secondary N) is 2. The first-order valence-electron chi connectivity index (χ1n) is 7.43. The molecular weight excluding hydrogens is 312 g/mol. The summed E-state index contributed by atoms with van der Waals surface area (Å²) in [5, 5.41) is 3.02. The van der Waals surface area contributed by atoms with Crippen molar-refractivity contribution in [2.45, 2.75) is 23.8 Å². The average molecular weight is 330 g/mol. The van der Waals surface area contributed by atoms with E-state index >= 15 is 0 Å². The maximum atomic E-state index is 12.4. The van der Waals surface area contributed by atoms with Crippen LogP contribution < -0.4 is 10.0 Å². The fourth-order valence-electron chi connectivity index (χ4n) is 2.85. The minimum Gasteiger partial charge on any atom is -0.345 e. The highest BCUT2D eigenvalue weighted by atomic mass is 32.2. The first kappa shape index (κ1) is 15.7. The second-order valence-electron chi connectivity index (χ2n) is 5.50. The van der Waals surface area contributed by atoms with Gasteiger partial charge < -0.3 is 5.32 Å². The number of rotatable bonds is 4. The Morgan fingerprint density at radius 1 is 1.09 bits per heavy atom. The molecule has 3 rings (SSSR count). The van der Waals surface area contributed by atoms with E-state index in [2.05, 4.69) is 16.1 Å². The smallest absolute Gasteiger partial charge is 0.251 e. The van der Waals surface area contributed by atoms with Gasteiger partial charge in [-0.25, -0.2) is 13.1 Å². The van der Waals surface area contributed by atoms with Gasteiger partial charge >= 0.3 is 0 Å². The molecule has 0 heterocycles. The molecule has 2 aromatic carbocycles. The third kappa shape index (κ3) is 3.13. The molecule has 6 heteroatoms. The lowest BCUT2D eigenvalue weighted by Gasteiger charge is -2.14. The average Bonchev–Trinajstić information content (AvgIpc) is 2.98. The normalized spacial score (nSPS) is 16.8. The number of benzene rings is 2. The first-order chi connectivity index (χ1) is 11.0. The van der Waals surface area contributed by atoms with E-state index in [9.17, 15) is 13.2 Å². The maximum absolute atomic E-state index is 12.4. The van der Waals surface area contributed by atoms with Gasteiger partial charge in [0, 0.05) is 5.56 Å². The quantitative estimate of drug-likeness (QED) is 0.900. The van der Waals surface area contributed by atoms with Gasteiger partial charge in [0.15, 0.2) is 0 Å². The van der Waals surface area contributed by atoms with Crippen molar-refractivity contribution in [1.82, 2.24) is 10.0 Å². The van der Waals surface area contributed by atoms with Crippen LogP contribution in [0.1, 0.15) is 33.9 Å². The zero-order valence-corrected chi connectivity index (χ0v) is 13.6. The van der Waals surface area contributed by atoms with Crippen molar-refractivity contribution < 1.29 is 13.2 Å². The van der Waals surface area contributed by atoms with Gasteiger partial charge in [-0.05, 0) is 55.3 Å². The Kier molecular flexibility index (Phi) is 4.19. The van der Waals surface area contributed by atoms with Gasteiger partial charge in [-0.15, -0.1) is 0 Å². The molecule has 0 radical (unpaired) electrons. The summed E-state index contributed by atoms with van der Waals surface area (Å²) >= 11 is 0. The summed E-state index contributed by atoms with van der Waals surface area (Å²) in [4.78, 5) is 12.5. The second-order valence-corrected chi connectivity index (χ2v) is 7.38. The summed E-state index contributed by atoms with van der Waals surface area (Å²) in [6.07, 6.45) is 1.85. The van der Waals surface area contributed by atoms with Gasteiger partial charge in [-0.2, -0.15) is 0 Å². The van der Waals surface area contributed by atoms with Crippen LogP contribution in [0.4, 0.5) is 0 Å². The van der Waals surface area contributed by atoms with Crippen molar-refractivity contribution in [3.8, 4) is 0 Å². The summed E-state index contributed by atoms with van der Waals surface area (Å²) in [6, 6.07) is 14.0. The number of aryl methyl sites for hydroxylation is 1. The minimum atomic E-state index is -3.48. The van der Waals surface area contributed by atoms with E-state index < -0.39 is 10.0 Å². The highest BCUT2D eigenvalue weighted by Gasteiger charge is 2.23. The lowest BCUT2D eigenvalue weighted by Crippen LogP contribution is -2.27. The van der Waals surface area contributed by atoms with Crippen molar-refractivity contribution in [2.75, 3.05) is 7.05 Å². The Labute approximate surface area is 135 Å². The first-order valence-corrected chi connectivity index (χ1v) is 8.92. The van der Waals surface area contributed by atoms with Gasteiger partial charge in [-0.1, -0.05) is 24.3 Å². The summed E-state index contributed by atoms with van der Waals surface area (Å²) in [5.74, 6) is -0.194. The molecule has 0 unspecified atom stereocenters. The third-order valence-corrected chi connectivity index (χ3v) is 5.56. The van der Waals surface area contributed by atoms with Gasteiger partial charge in [0.1, 0.15) is 0 Å². The Balaban J connectivity index is 1.75. The Morgan fingerprint density at radius 2 is 1.78 bits per heavy atom. The van der Waals surface area contributed by atoms with E-state index in [-0.39, 0.29) is 16.8 Å². The van der Waals surface area contributed by atoms with Crippen molar-refractivity contribution in [3.05, 3.63) is 65.2 Å². The highest BCUT2D eigenvalue weighted by Crippen LogP contribution is 2.30. The molecule has 0 aromatic heterocycles. The molecule has 23 heavy (non-hydrogen) atoms. The van der Waals surface area contributed by atoms with E-state index in [4.69, 9.17) is 0 Å². The monoisotopic (exact) mass is 330 g/mol. The molecule has 2 aromatic rings. The number of carbonyl (C=O) groups excluding carboxylic acids is 1. The second kappa shape index (κ2) is 6.14. The van der Waals surface area contributed by atoms with Gasteiger partial charge in [-0.3, -0.25) is 4.79 Å².